The fourth-order valence-corrected chi connectivity index (χ4v) is 2.86. The Labute approximate surface area is 132 Å². The third kappa shape index (κ3) is 2.97. The lowest BCUT2D eigenvalue weighted by molar-refractivity contribution is 0.0599. The molecular weight excluding hydrogens is 301 g/mol. The van der Waals surface area contributed by atoms with E-state index in [4.69, 9.17) is 4.42 Å². The number of benzene rings is 1. The highest BCUT2D eigenvalue weighted by Gasteiger charge is 2.32. The average Bonchev–Trinajstić information content (AvgIpc) is 3.23. The van der Waals surface area contributed by atoms with E-state index >= 15 is 0 Å². The molecule has 6 heteroatoms. The van der Waals surface area contributed by atoms with E-state index in [0.717, 1.165) is 18.4 Å². The SMILES string of the molecule is COC(=O)c1coc(C(=O)N2CCC[C@H]2c2ccc(F)cc2)c1. The fraction of sp³-hybridized carbons (Fsp3) is 0.294. The van der Waals surface area contributed by atoms with Gasteiger partial charge in [0.25, 0.3) is 5.91 Å². The van der Waals surface area contributed by atoms with E-state index in [2.05, 4.69) is 4.74 Å². The minimum Gasteiger partial charge on any atom is -0.465 e. The number of hydrogen-bond acceptors (Lipinski definition) is 4. The lowest BCUT2D eigenvalue weighted by Gasteiger charge is -2.24. The Morgan fingerprint density at radius 2 is 2.04 bits per heavy atom. The molecule has 0 spiro atoms. The summed E-state index contributed by atoms with van der Waals surface area (Å²) in [4.78, 5) is 25.8. The fourth-order valence-electron chi connectivity index (χ4n) is 2.86. The third-order valence-corrected chi connectivity index (χ3v) is 4.00. The molecular formula is C17H16FNO4. The second-order valence-corrected chi connectivity index (χ2v) is 5.40. The zero-order valence-corrected chi connectivity index (χ0v) is 12.6. The molecule has 0 radical (unpaired) electrons. The summed E-state index contributed by atoms with van der Waals surface area (Å²) in [5.74, 6) is -1.05. The van der Waals surface area contributed by atoms with Crippen molar-refractivity contribution in [3.8, 4) is 0 Å². The zero-order chi connectivity index (χ0) is 16.4. The van der Waals surface area contributed by atoms with Crippen molar-refractivity contribution in [2.45, 2.75) is 18.9 Å². The summed E-state index contributed by atoms with van der Waals surface area (Å²) < 4.78 is 22.9. The maximum atomic E-state index is 13.1. The molecule has 1 aliphatic heterocycles. The normalized spacial score (nSPS) is 17.3. The highest BCUT2D eigenvalue weighted by molar-refractivity contribution is 5.96. The maximum Gasteiger partial charge on any atom is 0.341 e. The molecule has 0 bridgehead atoms. The van der Waals surface area contributed by atoms with Gasteiger partial charge < -0.3 is 14.1 Å². The quantitative estimate of drug-likeness (QED) is 0.816. The summed E-state index contributed by atoms with van der Waals surface area (Å²) in [6, 6.07) is 7.42. The van der Waals surface area contributed by atoms with Gasteiger partial charge in [-0.1, -0.05) is 12.1 Å². The predicted octanol–water partition coefficient (Wildman–Crippen LogP) is 3.18. The maximum absolute atomic E-state index is 13.1. The zero-order valence-electron chi connectivity index (χ0n) is 12.6. The lowest BCUT2D eigenvalue weighted by Crippen LogP contribution is -2.30. The number of likely N-dealkylation sites (tertiary alicyclic amines) is 1. The molecule has 1 fully saturated rings. The van der Waals surface area contributed by atoms with Crippen molar-refractivity contribution in [3.63, 3.8) is 0 Å². The minimum atomic E-state index is -0.552. The number of carbonyl (C=O) groups excluding carboxylic acids is 2. The second-order valence-electron chi connectivity index (χ2n) is 5.40. The van der Waals surface area contributed by atoms with Gasteiger partial charge in [0.1, 0.15) is 12.1 Å². The van der Waals surface area contributed by atoms with Crippen LogP contribution in [0.15, 0.2) is 41.0 Å². The van der Waals surface area contributed by atoms with Crippen LogP contribution < -0.4 is 0 Å². The summed E-state index contributed by atoms with van der Waals surface area (Å²) in [5.41, 5.74) is 1.09. The monoisotopic (exact) mass is 317 g/mol. The number of esters is 1. The Morgan fingerprint density at radius 1 is 1.30 bits per heavy atom. The van der Waals surface area contributed by atoms with Gasteiger partial charge in [0.05, 0.1) is 18.7 Å². The minimum absolute atomic E-state index is 0.0967. The molecule has 23 heavy (non-hydrogen) atoms. The number of carbonyl (C=O) groups is 2. The van der Waals surface area contributed by atoms with Crippen LogP contribution in [0.4, 0.5) is 4.39 Å². The predicted molar refractivity (Wildman–Crippen MR) is 79.5 cm³/mol. The molecule has 1 aromatic heterocycles. The van der Waals surface area contributed by atoms with Gasteiger partial charge in [0.2, 0.25) is 0 Å². The Bertz CT molecular complexity index is 722. The second kappa shape index (κ2) is 6.24. The van der Waals surface area contributed by atoms with Crippen LogP contribution in [0.3, 0.4) is 0 Å². The molecule has 0 unspecified atom stereocenters. The standard InChI is InChI=1S/C17H16FNO4/c1-22-17(21)12-9-15(23-10-12)16(20)19-8-2-3-14(19)11-4-6-13(18)7-5-11/h4-7,9-10,14H,2-3,8H2,1H3/t14-/m0/s1. The van der Waals surface area contributed by atoms with E-state index < -0.39 is 5.97 Å². The van der Waals surface area contributed by atoms with E-state index in [-0.39, 0.29) is 29.1 Å². The number of amides is 1. The molecule has 120 valence electrons. The van der Waals surface area contributed by atoms with Crippen LogP contribution in [-0.2, 0) is 4.74 Å². The van der Waals surface area contributed by atoms with Crippen LogP contribution in [0.2, 0.25) is 0 Å². The summed E-state index contributed by atoms with van der Waals surface area (Å²) in [5, 5.41) is 0. The average molecular weight is 317 g/mol. The van der Waals surface area contributed by atoms with Gasteiger partial charge in [-0.25, -0.2) is 9.18 Å². The van der Waals surface area contributed by atoms with Crippen molar-refractivity contribution in [1.82, 2.24) is 4.90 Å². The van der Waals surface area contributed by atoms with Crippen LogP contribution >= 0.6 is 0 Å². The molecule has 1 amide bonds. The molecule has 0 saturated carbocycles. The molecule has 0 aliphatic carbocycles. The van der Waals surface area contributed by atoms with E-state index in [9.17, 15) is 14.0 Å². The topological polar surface area (TPSA) is 59.8 Å². The molecule has 5 nitrogen and oxygen atoms in total. The summed E-state index contributed by atoms with van der Waals surface area (Å²) >= 11 is 0. The molecule has 0 N–H and O–H groups in total. The van der Waals surface area contributed by atoms with E-state index in [1.54, 1.807) is 17.0 Å². The highest BCUT2D eigenvalue weighted by Crippen LogP contribution is 2.33. The Kier molecular flexibility index (Phi) is 4.14. The van der Waals surface area contributed by atoms with Crippen molar-refractivity contribution in [2.24, 2.45) is 0 Å². The largest absolute Gasteiger partial charge is 0.465 e. The molecule has 2 aromatic rings. The summed E-state index contributed by atoms with van der Waals surface area (Å²) in [6.07, 6.45) is 2.88. The molecule has 1 atom stereocenters. The van der Waals surface area contributed by atoms with Gasteiger partial charge in [0.15, 0.2) is 5.76 Å². The summed E-state index contributed by atoms with van der Waals surface area (Å²) in [7, 11) is 1.27. The van der Waals surface area contributed by atoms with E-state index in [0.29, 0.717) is 6.54 Å². The summed E-state index contributed by atoms with van der Waals surface area (Å²) in [6.45, 7) is 0.592. The van der Waals surface area contributed by atoms with Crippen LogP contribution in [0.5, 0.6) is 0 Å². The van der Waals surface area contributed by atoms with E-state index in [1.807, 2.05) is 0 Å². The van der Waals surface area contributed by atoms with Crippen molar-refractivity contribution in [3.05, 3.63) is 59.3 Å². The third-order valence-electron chi connectivity index (χ3n) is 4.00. The van der Waals surface area contributed by atoms with E-state index in [1.165, 1.54) is 31.6 Å². The number of ether oxygens (including phenoxy) is 1. The van der Waals surface area contributed by atoms with Gasteiger partial charge in [-0.3, -0.25) is 4.79 Å². The van der Waals surface area contributed by atoms with Crippen molar-refractivity contribution in [1.29, 1.82) is 0 Å². The highest BCUT2D eigenvalue weighted by atomic mass is 19.1. The smallest absolute Gasteiger partial charge is 0.341 e. The number of halogens is 1. The molecule has 1 saturated heterocycles. The van der Waals surface area contributed by atoms with Gasteiger partial charge in [-0.05, 0) is 30.5 Å². The first-order valence-electron chi connectivity index (χ1n) is 7.33. The molecule has 1 aromatic carbocycles. The van der Waals surface area contributed by atoms with Gasteiger partial charge in [0, 0.05) is 12.6 Å². The number of furan rings is 1. The Hall–Kier alpha value is -2.63. The van der Waals surface area contributed by atoms with Crippen molar-refractivity contribution in [2.75, 3.05) is 13.7 Å². The Balaban J connectivity index is 1.82. The number of rotatable bonds is 3. The number of hydrogen-bond donors (Lipinski definition) is 0. The first kappa shape index (κ1) is 15.3. The van der Waals surface area contributed by atoms with Crippen molar-refractivity contribution >= 4 is 11.9 Å². The molecule has 2 heterocycles. The molecule has 3 rings (SSSR count). The number of nitrogens with zero attached hydrogens (tertiary/aromatic N) is 1. The number of methoxy groups -OCH3 is 1. The van der Waals surface area contributed by atoms with Gasteiger partial charge in [-0.2, -0.15) is 0 Å². The van der Waals surface area contributed by atoms with Gasteiger partial charge >= 0.3 is 5.97 Å². The first-order valence-corrected chi connectivity index (χ1v) is 7.33. The Morgan fingerprint density at radius 3 is 2.74 bits per heavy atom. The van der Waals surface area contributed by atoms with Crippen LogP contribution in [0.25, 0.3) is 0 Å². The van der Waals surface area contributed by atoms with Gasteiger partial charge in [-0.15, -0.1) is 0 Å². The van der Waals surface area contributed by atoms with Crippen LogP contribution in [-0.4, -0.2) is 30.4 Å². The van der Waals surface area contributed by atoms with Crippen LogP contribution in [0, 0.1) is 5.82 Å². The van der Waals surface area contributed by atoms with Crippen LogP contribution in [0.1, 0.15) is 45.4 Å². The first-order chi connectivity index (χ1) is 11.1. The lowest BCUT2D eigenvalue weighted by atomic mass is 10.0. The molecule has 1 aliphatic rings. The van der Waals surface area contributed by atoms with Crippen molar-refractivity contribution < 1.29 is 23.1 Å².